The lowest BCUT2D eigenvalue weighted by Crippen LogP contribution is -2.11. The van der Waals surface area contributed by atoms with Crippen molar-refractivity contribution in [1.29, 1.82) is 0 Å². The molecule has 0 radical (unpaired) electrons. The van der Waals surface area contributed by atoms with Gasteiger partial charge in [-0.1, -0.05) is 32.9 Å². The highest BCUT2D eigenvalue weighted by molar-refractivity contribution is 5.09. The van der Waals surface area contributed by atoms with Gasteiger partial charge in [-0.3, -0.25) is 0 Å². The van der Waals surface area contributed by atoms with E-state index < -0.39 is 0 Å². The van der Waals surface area contributed by atoms with Crippen LogP contribution >= 0.6 is 0 Å². The van der Waals surface area contributed by atoms with Gasteiger partial charge in [0.1, 0.15) is 0 Å². The fourth-order valence-electron chi connectivity index (χ4n) is 1.49. The zero-order chi connectivity index (χ0) is 10.8. The Morgan fingerprint density at radius 3 is 2.43 bits per heavy atom. The first-order valence-corrected chi connectivity index (χ1v) is 5.33. The molecule has 1 aromatic rings. The minimum absolute atomic E-state index is 0.290. The van der Waals surface area contributed by atoms with E-state index in [0.29, 0.717) is 0 Å². The molecule has 80 valence electrons. The Bertz CT molecular complexity index is 294. The number of rotatable bonds is 3. The third-order valence-corrected chi connectivity index (χ3v) is 2.21. The molecule has 1 aromatic heterocycles. The average Bonchev–Trinajstić information content (AvgIpc) is 2.34. The first kappa shape index (κ1) is 11.2. The second-order valence-electron chi connectivity index (χ2n) is 5.08. The molecule has 0 aliphatic carbocycles. The Morgan fingerprint density at radius 1 is 1.29 bits per heavy atom. The predicted molar refractivity (Wildman–Crippen MR) is 58.2 cm³/mol. The molecular formula is C11H21N3. The van der Waals surface area contributed by atoms with E-state index in [1.165, 1.54) is 5.69 Å². The van der Waals surface area contributed by atoms with Crippen molar-refractivity contribution in [2.75, 3.05) is 0 Å². The van der Waals surface area contributed by atoms with Crippen LogP contribution in [-0.4, -0.2) is 15.0 Å². The van der Waals surface area contributed by atoms with Gasteiger partial charge in [-0.05, 0) is 25.2 Å². The van der Waals surface area contributed by atoms with Crippen LogP contribution in [0.4, 0.5) is 0 Å². The van der Waals surface area contributed by atoms with Gasteiger partial charge in [0.05, 0.1) is 11.4 Å². The Kier molecular flexibility index (Phi) is 3.29. The number of hydrogen-bond donors (Lipinski definition) is 0. The standard InChI is InChI=1S/C11H21N3/c1-6-7-14-9(2)10(12-13-14)8-11(3,4)5/h6-8H2,1-5H3. The van der Waals surface area contributed by atoms with Crippen molar-refractivity contribution < 1.29 is 0 Å². The molecule has 0 fully saturated rings. The van der Waals surface area contributed by atoms with E-state index in [4.69, 9.17) is 0 Å². The van der Waals surface area contributed by atoms with E-state index in [-0.39, 0.29) is 5.41 Å². The molecule has 0 N–H and O–H groups in total. The maximum absolute atomic E-state index is 4.23. The van der Waals surface area contributed by atoms with Gasteiger partial charge in [0, 0.05) is 6.54 Å². The summed E-state index contributed by atoms with van der Waals surface area (Å²) in [4.78, 5) is 0. The second-order valence-corrected chi connectivity index (χ2v) is 5.08. The van der Waals surface area contributed by atoms with E-state index in [1.807, 2.05) is 4.68 Å². The first-order valence-electron chi connectivity index (χ1n) is 5.33. The summed E-state index contributed by atoms with van der Waals surface area (Å²) >= 11 is 0. The number of aromatic nitrogens is 3. The van der Waals surface area contributed by atoms with Gasteiger partial charge in [0.2, 0.25) is 0 Å². The smallest absolute Gasteiger partial charge is 0.0861 e. The third-order valence-electron chi connectivity index (χ3n) is 2.21. The summed E-state index contributed by atoms with van der Waals surface area (Å²) in [7, 11) is 0. The van der Waals surface area contributed by atoms with E-state index in [9.17, 15) is 0 Å². The average molecular weight is 195 g/mol. The van der Waals surface area contributed by atoms with E-state index in [0.717, 1.165) is 25.1 Å². The molecule has 14 heavy (non-hydrogen) atoms. The largest absolute Gasteiger partial charge is 0.249 e. The van der Waals surface area contributed by atoms with Crippen LogP contribution in [0.1, 0.15) is 45.5 Å². The van der Waals surface area contributed by atoms with Gasteiger partial charge in [0.25, 0.3) is 0 Å². The summed E-state index contributed by atoms with van der Waals surface area (Å²) < 4.78 is 2.00. The van der Waals surface area contributed by atoms with Crippen molar-refractivity contribution in [1.82, 2.24) is 15.0 Å². The van der Waals surface area contributed by atoms with E-state index in [2.05, 4.69) is 44.9 Å². The first-order chi connectivity index (χ1) is 6.44. The molecular weight excluding hydrogens is 174 g/mol. The minimum Gasteiger partial charge on any atom is -0.249 e. The van der Waals surface area contributed by atoms with Crippen molar-refractivity contribution in [3.05, 3.63) is 11.4 Å². The summed E-state index contributed by atoms with van der Waals surface area (Å²) in [6.45, 7) is 11.9. The highest BCUT2D eigenvalue weighted by Crippen LogP contribution is 2.20. The van der Waals surface area contributed by atoms with Crippen molar-refractivity contribution in [3.63, 3.8) is 0 Å². The lowest BCUT2D eigenvalue weighted by Gasteiger charge is -2.16. The lowest BCUT2D eigenvalue weighted by molar-refractivity contribution is 0.405. The van der Waals surface area contributed by atoms with Crippen molar-refractivity contribution in [2.45, 2.75) is 54.0 Å². The van der Waals surface area contributed by atoms with Gasteiger partial charge in [-0.2, -0.15) is 0 Å². The quantitative estimate of drug-likeness (QED) is 0.742. The van der Waals surface area contributed by atoms with Crippen molar-refractivity contribution in [2.24, 2.45) is 5.41 Å². The Labute approximate surface area is 86.5 Å². The Hall–Kier alpha value is -0.860. The topological polar surface area (TPSA) is 30.7 Å². The van der Waals surface area contributed by atoms with Crippen LogP contribution in [0.2, 0.25) is 0 Å². The molecule has 0 atom stereocenters. The van der Waals surface area contributed by atoms with Gasteiger partial charge in [0.15, 0.2) is 0 Å². The molecule has 3 heteroatoms. The molecule has 0 amide bonds. The molecule has 0 bridgehead atoms. The predicted octanol–water partition coefficient (Wildman–Crippen LogP) is 2.59. The van der Waals surface area contributed by atoms with Crippen LogP contribution in [0.25, 0.3) is 0 Å². The van der Waals surface area contributed by atoms with Crippen molar-refractivity contribution >= 4 is 0 Å². The maximum Gasteiger partial charge on any atom is 0.0861 e. The zero-order valence-corrected chi connectivity index (χ0v) is 9.96. The van der Waals surface area contributed by atoms with Crippen LogP contribution in [0.5, 0.6) is 0 Å². The van der Waals surface area contributed by atoms with Gasteiger partial charge in [-0.15, -0.1) is 5.10 Å². The highest BCUT2D eigenvalue weighted by Gasteiger charge is 2.16. The number of aryl methyl sites for hydroxylation is 1. The Morgan fingerprint density at radius 2 is 1.93 bits per heavy atom. The van der Waals surface area contributed by atoms with Crippen LogP contribution in [0, 0.1) is 12.3 Å². The zero-order valence-electron chi connectivity index (χ0n) is 9.96. The van der Waals surface area contributed by atoms with E-state index in [1.54, 1.807) is 0 Å². The molecule has 0 aromatic carbocycles. The van der Waals surface area contributed by atoms with Crippen LogP contribution < -0.4 is 0 Å². The summed E-state index contributed by atoms with van der Waals surface area (Å²) in [5.41, 5.74) is 2.66. The monoisotopic (exact) mass is 195 g/mol. The van der Waals surface area contributed by atoms with Crippen LogP contribution in [0.15, 0.2) is 0 Å². The molecule has 1 rings (SSSR count). The summed E-state index contributed by atoms with van der Waals surface area (Å²) in [5.74, 6) is 0. The summed E-state index contributed by atoms with van der Waals surface area (Å²) in [5, 5.41) is 8.39. The van der Waals surface area contributed by atoms with Crippen molar-refractivity contribution in [3.8, 4) is 0 Å². The number of hydrogen-bond acceptors (Lipinski definition) is 2. The summed E-state index contributed by atoms with van der Waals surface area (Å²) in [6, 6.07) is 0. The lowest BCUT2D eigenvalue weighted by atomic mass is 9.90. The van der Waals surface area contributed by atoms with Crippen LogP contribution in [0.3, 0.4) is 0 Å². The fraction of sp³-hybridized carbons (Fsp3) is 0.818. The molecule has 1 heterocycles. The van der Waals surface area contributed by atoms with Gasteiger partial charge < -0.3 is 0 Å². The molecule has 0 saturated carbocycles. The third kappa shape index (κ3) is 2.82. The normalized spacial score (nSPS) is 12.1. The summed E-state index contributed by atoms with van der Waals surface area (Å²) in [6.07, 6.45) is 2.11. The highest BCUT2D eigenvalue weighted by atomic mass is 15.4. The SMILES string of the molecule is CCCn1nnc(CC(C)(C)C)c1C. The molecule has 0 aliphatic rings. The Balaban J connectivity index is 2.79. The maximum atomic E-state index is 4.23. The fourth-order valence-corrected chi connectivity index (χ4v) is 1.49. The minimum atomic E-state index is 0.290. The van der Waals surface area contributed by atoms with Crippen LogP contribution in [-0.2, 0) is 13.0 Å². The molecule has 0 unspecified atom stereocenters. The van der Waals surface area contributed by atoms with E-state index >= 15 is 0 Å². The molecule has 0 spiro atoms. The van der Waals surface area contributed by atoms with Gasteiger partial charge >= 0.3 is 0 Å². The molecule has 0 aliphatic heterocycles. The molecule has 0 saturated heterocycles. The molecule has 3 nitrogen and oxygen atoms in total. The van der Waals surface area contributed by atoms with Gasteiger partial charge in [-0.25, -0.2) is 4.68 Å². The second kappa shape index (κ2) is 4.11. The number of nitrogens with zero attached hydrogens (tertiary/aromatic N) is 3.